The number of nitrogens with one attached hydrogen (secondary N) is 2. The third-order valence-corrected chi connectivity index (χ3v) is 6.85. The first-order valence-corrected chi connectivity index (χ1v) is 11.5. The highest BCUT2D eigenvalue weighted by Crippen LogP contribution is 2.26. The number of thiophene rings is 1. The summed E-state index contributed by atoms with van der Waals surface area (Å²) in [5, 5.41) is 9.42. The largest absolute Gasteiger partial charge is 0.376 e. The van der Waals surface area contributed by atoms with E-state index < -0.39 is 0 Å². The molecular weight excluding hydrogens is 497 g/mol. The van der Waals surface area contributed by atoms with Gasteiger partial charge in [-0.05, 0) is 45.1 Å². The number of piperidine rings is 1. The van der Waals surface area contributed by atoms with Gasteiger partial charge in [-0.1, -0.05) is 6.07 Å². The van der Waals surface area contributed by atoms with Crippen molar-refractivity contribution in [2.75, 3.05) is 46.4 Å². The van der Waals surface area contributed by atoms with Crippen LogP contribution < -0.4 is 10.6 Å². The molecule has 0 radical (unpaired) electrons. The Kier molecular flexibility index (Phi) is 10.7. The Hall–Kier alpha value is -0.420. The van der Waals surface area contributed by atoms with E-state index in [9.17, 15) is 0 Å². The molecule has 3 heterocycles. The van der Waals surface area contributed by atoms with E-state index in [0.29, 0.717) is 24.2 Å². The van der Waals surface area contributed by atoms with E-state index in [1.165, 1.54) is 17.7 Å². The smallest absolute Gasteiger partial charge is 0.191 e. The standard InChI is InChI=1S/C21H37N5OS.HI/c1-16(2)25-9-7-18(8-10-25)24-21(22-4)23-14-19(20-6-5-13-28-20)26-11-12-27-17(3)15-26;/h5-6,13,16-19H,7-12,14-15H2,1-4H3,(H2,22,23,24);1H. The third kappa shape index (κ3) is 7.34. The Morgan fingerprint density at radius 2 is 2.03 bits per heavy atom. The average Bonchev–Trinajstić information content (AvgIpc) is 3.22. The molecular formula is C21H38IN5OS. The van der Waals surface area contributed by atoms with Crippen LogP contribution in [0.4, 0.5) is 0 Å². The SMILES string of the molecule is CN=C(NCC(c1cccs1)N1CCOC(C)C1)NC1CCN(C(C)C)CC1.I. The van der Waals surface area contributed by atoms with E-state index in [1.807, 2.05) is 18.4 Å². The molecule has 2 fully saturated rings. The Labute approximate surface area is 197 Å². The molecule has 0 saturated carbocycles. The van der Waals surface area contributed by atoms with Crippen LogP contribution in [0, 0.1) is 0 Å². The number of aliphatic imine (C=N–C) groups is 1. The van der Waals surface area contributed by atoms with Gasteiger partial charge in [-0.3, -0.25) is 9.89 Å². The first-order chi connectivity index (χ1) is 13.6. The normalized spacial score (nSPS) is 23.6. The van der Waals surface area contributed by atoms with Crippen LogP contribution in [0.15, 0.2) is 22.5 Å². The summed E-state index contributed by atoms with van der Waals surface area (Å²) in [5.41, 5.74) is 0. The predicted octanol–water partition coefficient (Wildman–Crippen LogP) is 3.17. The van der Waals surface area contributed by atoms with Gasteiger partial charge in [0.25, 0.3) is 0 Å². The third-order valence-electron chi connectivity index (χ3n) is 5.87. The molecule has 29 heavy (non-hydrogen) atoms. The van der Waals surface area contributed by atoms with Crippen LogP contribution in [0.25, 0.3) is 0 Å². The van der Waals surface area contributed by atoms with Crippen molar-refractivity contribution in [1.82, 2.24) is 20.4 Å². The minimum Gasteiger partial charge on any atom is -0.376 e. The molecule has 0 bridgehead atoms. The van der Waals surface area contributed by atoms with E-state index >= 15 is 0 Å². The van der Waals surface area contributed by atoms with Gasteiger partial charge in [-0.2, -0.15) is 0 Å². The quantitative estimate of drug-likeness (QED) is 0.333. The first kappa shape index (κ1) is 24.8. The second kappa shape index (κ2) is 12.4. The number of guanidine groups is 1. The lowest BCUT2D eigenvalue weighted by Gasteiger charge is -2.38. The summed E-state index contributed by atoms with van der Waals surface area (Å²) in [4.78, 5) is 11.0. The van der Waals surface area contributed by atoms with Gasteiger partial charge in [-0.15, -0.1) is 35.3 Å². The van der Waals surface area contributed by atoms with Crippen LogP contribution in [-0.4, -0.2) is 80.3 Å². The number of ether oxygens (including phenoxy) is 1. The molecule has 2 aliphatic heterocycles. The van der Waals surface area contributed by atoms with Crippen LogP contribution in [-0.2, 0) is 4.74 Å². The molecule has 2 saturated heterocycles. The van der Waals surface area contributed by atoms with Crippen molar-refractivity contribution in [2.24, 2.45) is 4.99 Å². The van der Waals surface area contributed by atoms with E-state index in [-0.39, 0.29) is 24.0 Å². The van der Waals surface area contributed by atoms with E-state index in [0.717, 1.165) is 45.3 Å². The van der Waals surface area contributed by atoms with Crippen LogP contribution >= 0.6 is 35.3 Å². The monoisotopic (exact) mass is 535 g/mol. The van der Waals surface area contributed by atoms with Crippen molar-refractivity contribution in [1.29, 1.82) is 0 Å². The molecule has 0 aromatic carbocycles. The van der Waals surface area contributed by atoms with Crippen molar-refractivity contribution >= 4 is 41.3 Å². The Bertz CT molecular complexity index is 604. The number of nitrogens with zero attached hydrogens (tertiary/aromatic N) is 3. The van der Waals surface area contributed by atoms with Gasteiger partial charge < -0.3 is 20.3 Å². The lowest BCUT2D eigenvalue weighted by atomic mass is 10.0. The van der Waals surface area contributed by atoms with E-state index in [2.05, 4.69) is 63.7 Å². The van der Waals surface area contributed by atoms with Gasteiger partial charge in [0.1, 0.15) is 0 Å². The fourth-order valence-electron chi connectivity index (χ4n) is 4.16. The van der Waals surface area contributed by atoms with Gasteiger partial charge in [0.2, 0.25) is 0 Å². The van der Waals surface area contributed by atoms with Crippen LogP contribution in [0.1, 0.15) is 44.5 Å². The maximum Gasteiger partial charge on any atom is 0.191 e. The van der Waals surface area contributed by atoms with Crippen LogP contribution in [0.5, 0.6) is 0 Å². The fourth-order valence-corrected chi connectivity index (χ4v) is 5.02. The molecule has 2 atom stereocenters. The van der Waals surface area contributed by atoms with Gasteiger partial charge >= 0.3 is 0 Å². The molecule has 2 aliphatic rings. The highest BCUT2D eigenvalue weighted by atomic mass is 127. The average molecular weight is 536 g/mol. The number of hydrogen-bond donors (Lipinski definition) is 2. The summed E-state index contributed by atoms with van der Waals surface area (Å²) < 4.78 is 5.75. The van der Waals surface area contributed by atoms with Crippen LogP contribution in [0.2, 0.25) is 0 Å². The molecule has 166 valence electrons. The highest BCUT2D eigenvalue weighted by Gasteiger charge is 2.27. The topological polar surface area (TPSA) is 52.1 Å². The molecule has 1 aromatic heterocycles. The van der Waals surface area contributed by atoms with Gasteiger partial charge in [-0.25, -0.2) is 0 Å². The molecule has 3 rings (SSSR count). The number of rotatable bonds is 6. The lowest BCUT2D eigenvalue weighted by molar-refractivity contribution is -0.0334. The Morgan fingerprint density at radius 3 is 2.62 bits per heavy atom. The zero-order valence-corrected chi connectivity index (χ0v) is 21.4. The number of morpholine rings is 1. The maximum atomic E-state index is 5.75. The summed E-state index contributed by atoms with van der Waals surface area (Å²) >= 11 is 1.84. The minimum atomic E-state index is 0. The Balaban J connectivity index is 0.00000300. The van der Waals surface area contributed by atoms with E-state index in [1.54, 1.807) is 0 Å². The van der Waals surface area contributed by atoms with Crippen molar-refractivity contribution in [3.8, 4) is 0 Å². The molecule has 8 heteroatoms. The second-order valence-electron chi connectivity index (χ2n) is 8.21. The molecule has 2 N–H and O–H groups in total. The molecule has 6 nitrogen and oxygen atoms in total. The molecule has 0 spiro atoms. The zero-order valence-electron chi connectivity index (χ0n) is 18.3. The molecule has 2 unspecified atom stereocenters. The lowest BCUT2D eigenvalue weighted by Crippen LogP contribution is -2.52. The summed E-state index contributed by atoms with van der Waals surface area (Å²) in [5.74, 6) is 0.922. The number of hydrogen-bond acceptors (Lipinski definition) is 5. The summed E-state index contributed by atoms with van der Waals surface area (Å²) in [6, 6.07) is 5.89. The van der Waals surface area contributed by atoms with Gasteiger partial charge in [0, 0.05) is 56.7 Å². The van der Waals surface area contributed by atoms with Crippen molar-refractivity contribution in [3.63, 3.8) is 0 Å². The molecule has 0 aliphatic carbocycles. The van der Waals surface area contributed by atoms with Crippen LogP contribution in [0.3, 0.4) is 0 Å². The number of likely N-dealkylation sites (tertiary alicyclic amines) is 1. The second-order valence-corrected chi connectivity index (χ2v) is 9.19. The predicted molar refractivity (Wildman–Crippen MR) is 134 cm³/mol. The highest BCUT2D eigenvalue weighted by molar-refractivity contribution is 14.0. The van der Waals surface area contributed by atoms with Gasteiger partial charge in [0.15, 0.2) is 5.96 Å². The van der Waals surface area contributed by atoms with Crippen molar-refractivity contribution in [2.45, 2.75) is 57.8 Å². The summed E-state index contributed by atoms with van der Waals surface area (Å²) in [6.07, 6.45) is 2.64. The van der Waals surface area contributed by atoms with E-state index in [4.69, 9.17) is 4.74 Å². The van der Waals surface area contributed by atoms with Crippen molar-refractivity contribution < 1.29 is 4.74 Å². The summed E-state index contributed by atoms with van der Waals surface area (Å²) in [6.45, 7) is 12.7. The fraction of sp³-hybridized carbons (Fsp3) is 0.762. The first-order valence-electron chi connectivity index (χ1n) is 10.7. The molecule has 0 amide bonds. The Morgan fingerprint density at radius 1 is 1.28 bits per heavy atom. The maximum absolute atomic E-state index is 5.75. The molecule has 1 aromatic rings. The number of halogens is 1. The minimum absolute atomic E-state index is 0. The zero-order chi connectivity index (χ0) is 19.9. The van der Waals surface area contributed by atoms with Crippen molar-refractivity contribution in [3.05, 3.63) is 22.4 Å². The summed E-state index contributed by atoms with van der Waals surface area (Å²) in [7, 11) is 1.87. The van der Waals surface area contributed by atoms with Gasteiger partial charge in [0.05, 0.1) is 18.8 Å².